The Morgan fingerprint density at radius 2 is 2.05 bits per heavy atom. The summed E-state index contributed by atoms with van der Waals surface area (Å²) in [5, 5.41) is 15.8. The van der Waals surface area contributed by atoms with Crippen molar-refractivity contribution >= 4 is 23.6 Å². The molecule has 1 heterocycles. The molecule has 0 aliphatic heterocycles. The van der Waals surface area contributed by atoms with Crippen LogP contribution in [0, 0.1) is 19.8 Å². The van der Waals surface area contributed by atoms with E-state index in [4.69, 9.17) is 5.11 Å². The highest BCUT2D eigenvalue weighted by Crippen LogP contribution is 2.15. The largest absolute Gasteiger partial charge is 0.481 e. The van der Waals surface area contributed by atoms with Gasteiger partial charge in [0.2, 0.25) is 5.91 Å². The number of carboxylic acids is 1. The van der Waals surface area contributed by atoms with E-state index in [1.165, 1.54) is 11.8 Å². The van der Waals surface area contributed by atoms with Gasteiger partial charge in [0.15, 0.2) is 0 Å². The number of carbonyl (C=O) groups excluding carboxylic acids is 1. The summed E-state index contributed by atoms with van der Waals surface area (Å²) in [6.45, 7) is 9.52. The fourth-order valence-corrected chi connectivity index (χ4v) is 2.72. The van der Waals surface area contributed by atoms with Crippen LogP contribution in [0.25, 0.3) is 0 Å². The molecule has 22 heavy (non-hydrogen) atoms. The lowest BCUT2D eigenvalue weighted by molar-refractivity contribution is -0.133. The smallest absolute Gasteiger partial charge is 0.313 e. The summed E-state index contributed by atoms with van der Waals surface area (Å²) >= 11 is 1.30. The molecule has 0 saturated heterocycles. The molecule has 124 valence electrons. The molecule has 1 aromatic heterocycles. The van der Waals surface area contributed by atoms with Crippen molar-refractivity contribution < 1.29 is 14.7 Å². The molecule has 1 rings (SSSR count). The average Bonchev–Trinajstić information content (AvgIpc) is 2.65. The number of carboxylic acid groups (broad SMARTS) is 1. The van der Waals surface area contributed by atoms with E-state index in [-0.39, 0.29) is 11.7 Å². The van der Waals surface area contributed by atoms with Crippen LogP contribution in [-0.2, 0) is 22.6 Å². The molecule has 0 aliphatic rings. The summed E-state index contributed by atoms with van der Waals surface area (Å²) in [5.41, 5.74) is 2.92. The first-order valence-corrected chi connectivity index (χ1v) is 8.55. The van der Waals surface area contributed by atoms with Crippen LogP contribution < -0.4 is 5.32 Å². The van der Waals surface area contributed by atoms with Crippen LogP contribution in [0.15, 0.2) is 0 Å². The summed E-state index contributed by atoms with van der Waals surface area (Å²) in [4.78, 5) is 22.3. The normalized spacial score (nSPS) is 11.0. The van der Waals surface area contributed by atoms with Crippen molar-refractivity contribution in [3.63, 3.8) is 0 Å². The van der Waals surface area contributed by atoms with Crippen LogP contribution in [-0.4, -0.2) is 44.8 Å². The Bertz CT molecular complexity index is 526. The number of aryl methyl sites for hydroxylation is 1. The Morgan fingerprint density at radius 1 is 1.36 bits per heavy atom. The lowest BCUT2D eigenvalue weighted by Gasteiger charge is -2.08. The highest BCUT2D eigenvalue weighted by Gasteiger charge is 2.15. The van der Waals surface area contributed by atoms with Gasteiger partial charge in [-0.1, -0.05) is 13.8 Å². The third-order valence-electron chi connectivity index (χ3n) is 3.20. The van der Waals surface area contributed by atoms with Crippen LogP contribution in [0.1, 0.15) is 30.8 Å². The molecule has 7 heteroatoms. The van der Waals surface area contributed by atoms with E-state index in [1.807, 2.05) is 18.5 Å². The summed E-state index contributed by atoms with van der Waals surface area (Å²) in [7, 11) is 0. The van der Waals surface area contributed by atoms with Crippen molar-refractivity contribution in [2.45, 2.75) is 40.7 Å². The Kier molecular flexibility index (Phi) is 7.44. The first-order chi connectivity index (χ1) is 10.3. The van der Waals surface area contributed by atoms with E-state index in [1.54, 1.807) is 0 Å². The number of aromatic nitrogens is 2. The van der Waals surface area contributed by atoms with E-state index in [0.29, 0.717) is 24.6 Å². The number of carbonyl (C=O) groups is 2. The van der Waals surface area contributed by atoms with Gasteiger partial charge < -0.3 is 10.4 Å². The van der Waals surface area contributed by atoms with Crippen LogP contribution in [0.3, 0.4) is 0 Å². The van der Waals surface area contributed by atoms with Crippen molar-refractivity contribution in [3.05, 3.63) is 17.0 Å². The Labute approximate surface area is 135 Å². The molecule has 0 fully saturated rings. The second-order valence-corrected chi connectivity index (χ2v) is 6.80. The lowest BCUT2D eigenvalue weighted by atomic mass is 10.1. The molecule has 2 N–H and O–H groups in total. The summed E-state index contributed by atoms with van der Waals surface area (Å²) in [6, 6.07) is 0. The lowest BCUT2D eigenvalue weighted by Crippen LogP contribution is -2.28. The van der Waals surface area contributed by atoms with Crippen molar-refractivity contribution in [1.29, 1.82) is 0 Å². The molecule has 0 bridgehead atoms. The molecule has 0 aliphatic carbocycles. The third-order valence-corrected chi connectivity index (χ3v) is 4.14. The van der Waals surface area contributed by atoms with Gasteiger partial charge in [-0.15, -0.1) is 11.8 Å². The van der Waals surface area contributed by atoms with Crippen LogP contribution in [0.4, 0.5) is 0 Å². The van der Waals surface area contributed by atoms with Crippen LogP contribution in [0.2, 0.25) is 0 Å². The maximum atomic E-state index is 12.0. The fourth-order valence-electron chi connectivity index (χ4n) is 2.16. The quantitative estimate of drug-likeness (QED) is 0.674. The zero-order valence-corrected chi connectivity index (χ0v) is 14.5. The van der Waals surface area contributed by atoms with Gasteiger partial charge in [-0.3, -0.25) is 14.3 Å². The highest BCUT2D eigenvalue weighted by atomic mass is 32.2. The molecule has 0 atom stereocenters. The minimum absolute atomic E-state index is 0.0498. The zero-order chi connectivity index (χ0) is 16.7. The second kappa shape index (κ2) is 8.82. The molecule has 6 nitrogen and oxygen atoms in total. The molecule has 0 unspecified atom stereocenters. The van der Waals surface area contributed by atoms with E-state index in [9.17, 15) is 9.59 Å². The number of rotatable bonds is 9. The number of hydrogen-bond acceptors (Lipinski definition) is 4. The van der Waals surface area contributed by atoms with Gasteiger partial charge in [0.05, 0.1) is 17.9 Å². The Hall–Kier alpha value is -1.50. The third kappa shape index (κ3) is 6.09. The number of nitrogens with one attached hydrogen (secondary N) is 1. The fraction of sp³-hybridized carbons (Fsp3) is 0.667. The van der Waals surface area contributed by atoms with Crippen molar-refractivity contribution in [1.82, 2.24) is 15.1 Å². The molecular weight excluding hydrogens is 302 g/mol. The predicted octanol–water partition coefficient (Wildman–Crippen LogP) is 1.63. The predicted molar refractivity (Wildman–Crippen MR) is 88.2 cm³/mol. The Morgan fingerprint density at radius 3 is 2.64 bits per heavy atom. The van der Waals surface area contributed by atoms with Crippen LogP contribution in [0.5, 0.6) is 0 Å². The van der Waals surface area contributed by atoms with Crippen molar-refractivity contribution in [2.24, 2.45) is 5.92 Å². The van der Waals surface area contributed by atoms with Crippen molar-refractivity contribution in [3.8, 4) is 0 Å². The zero-order valence-electron chi connectivity index (χ0n) is 13.7. The van der Waals surface area contributed by atoms with Gasteiger partial charge in [0.1, 0.15) is 0 Å². The molecule has 0 spiro atoms. The van der Waals surface area contributed by atoms with E-state index in [0.717, 1.165) is 23.5 Å². The first-order valence-electron chi connectivity index (χ1n) is 7.40. The minimum atomic E-state index is -0.833. The SMILES string of the molecule is Cc1nn(CC(C)C)c(C)c1CC(=O)NCCSCC(=O)O. The Balaban J connectivity index is 2.47. The van der Waals surface area contributed by atoms with Gasteiger partial charge in [0.25, 0.3) is 0 Å². The van der Waals surface area contributed by atoms with E-state index in [2.05, 4.69) is 24.3 Å². The van der Waals surface area contributed by atoms with Gasteiger partial charge in [-0.25, -0.2) is 0 Å². The van der Waals surface area contributed by atoms with Gasteiger partial charge in [-0.05, 0) is 19.8 Å². The van der Waals surface area contributed by atoms with E-state index < -0.39 is 5.97 Å². The number of nitrogens with zero attached hydrogens (tertiary/aromatic N) is 2. The van der Waals surface area contributed by atoms with E-state index >= 15 is 0 Å². The first kappa shape index (κ1) is 18.5. The highest BCUT2D eigenvalue weighted by molar-refractivity contribution is 7.99. The second-order valence-electron chi connectivity index (χ2n) is 5.70. The maximum Gasteiger partial charge on any atom is 0.313 e. The topological polar surface area (TPSA) is 84.2 Å². The monoisotopic (exact) mass is 327 g/mol. The molecular formula is C15H25N3O3S. The summed E-state index contributed by atoms with van der Waals surface area (Å²) < 4.78 is 1.96. The summed E-state index contributed by atoms with van der Waals surface area (Å²) in [6.07, 6.45) is 0.319. The number of amides is 1. The standard InChI is InChI=1S/C15H25N3O3S/c1-10(2)8-18-12(4)13(11(3)17-18)7-14(19)16-5-6-22-9-15(20)21/h10H,5-9H2,1-4H3,(H,16,19)(H,20,21). The van der Waals surface area contributed by atoms with Crippen LogP contribution >= 0.6 is 11.8 Å². The van der Waals surface area contributed by atoms with Gasteiger partial charge in [0, 0.05) is 30.1 Å². The molecule has 0 aromatic carbocycles. The average molecular weight is 327 g/mol. The number of aliphatic carboxylic acids is 1. The van der Waals surface area contributed by atoms with Gasteiger partial charge in [-0.2, -0.15) is 5.10 Å². The molecule has 1 amide bonds. The van der Waals surface area contributed by atoms with Crippen molar-refractivity contribution in [2.75, 3.05) is 18.1 Å². The van der Waals surface area contributed by atoms with Gasteiger partial charge >= 0.3 is 5.97 Å². The maximum absolute atomic E-state index is 12.0. The molecule has 1 aromatic rings. The number of hydrogen-bond donors (Lipinski definition) is 2. The molecule has 0 radical (unpaired) electrons. The number of thioether (sulfide) groups is 1. The minimum Gasteiger partial charge on any atom is -0.481 e. The molecule has 0 saturated carbocycles. The summed E-state index contributed by atoms with van der Waals surface area (Å²) in [5.74, 6) is 0.288.